The summed E-state index contributed by atoms with van der Waals surface area (Å²) >= 11 is 0. The zero-order valence-corrected chi connectivity index (χ0v) is 54.2. The number of hydrogen-bond donors (Lipinski definition) is 3. The molecule has 0 saturated heterocycles. The summed E-state index contributed by atoms with van der Waals surface area (Å²) in [6, 6.07) is -0.538. The van der Waals surface area contributed by atoms with Crippen LogP contribution >= 0.6 is 0 Å². The van der Waals surface area contributed by atoms with Gasteiger partial charge in [0.15, 0.2) is 0 Å². The van der Waals surface area contributed by atoms with Crippen molar-refractivity contribution < 1.29 is 24.5 Å². The van der Waals surface area contributed by atoms with E-state index in [4.69, 9.17) is 4.74 Å². The predicted molar refractivity (Wildman–Crippen MR) is 347 cm³/mol. The average Bonchev–Trinajstić information content (AvgIpc) is 3.45. The van der Waals surface area contributed by atoms with E-state index in [0.717, 1.165) is 38.5 Å². The van der Waals surface area contributed by atoms with Crippen molar-refractivity contribution in [1.82, 2.24) is 5.32 Å². The van der Waals surface area contributed by atoms with Gasteiger partial charge >= 0.3 is 5.97 Å². The SMILES string of the molecule is CCCCCCCCCCCCCCCCCCCCCCCC(O)C(CO)NC(=O)CCCCCCCCCCCCCCCCCCCCCCCCCCCCCCCCOC(=O)CCCCCCCCCCCCC. The first-order valence-corrected chi connectivity index (χ1v) is 36.8. The number of ether oxygens (including phenoxy) is 1. The molecule has 0 aliphatic heterocycles. The van der Waals surface area contributed by atoms with E-state index in [1.165, 1.54) is 360 Å². The number of unbranched alkanes of at least 4 members (excludes halogenated alkanes) is 59. The molecule has 2 atom stereocenters. The van der Waals surface area contributed by atoms with E-state index in [0.29, 0.717) is 25.9 Å². The van der Waals surface area contributed by atoms with E-state index in [-0.39, 0.29) is 18.5 Å². The third kappa shape index (κ3) is 65.9. The fraction of sp³-hybridized carbons (Fsp3) is 0.973. The normalized spacial score (nSPS) is 12.4. The second kappa shape index (κ2) is 69.4. The van der Waals surface area contributed by atoms with Crippen molar-refractivity contribution in [3.05, 3.63) is 0 Å². The maximum Gasteiger partial charge on any atom is 0.305 e. The topological polar surface area (TPSA) is 95.9 Å². The molecule has 0 heterocycles. The van der Waals surface area contributed by atoms with Crippen molar-refractivity contribution in [3.63, 3.8) is 0 Å². The van der Waals surface area contributed by atoms with Crippen LogP contribution in [0.5, 0.6) is 0 Å². The van der Waals surface area contributed by atoms with Crippen LogP contribution in [0.4, 0.5) is 0 Å². The van der Waals surface area contributed by atoms with Crippen LogP contribution in [0.2, 0.25) is 0 Å². The highest BCUT2D eigenvalue weighted by molar-refractivity contribution is 5.76. The number of esters is 1. The highest BCUT2D eigenvalue weighted by atomic mass is 16.5. The van der Waals surface area contributed by atoms with E-state index >= 15 is 0 Å². The fourth-order valence-corrected chi connectivity index (χ4v) is 12.1. The first kappa shape index (κ1) is 77.9. The Morgan fingerprint density at radius 1 is 0.304 bits per heavy atom. The molecule has 0 radical (unpaired) electrons. The van der Waals surface area contributed by atoms with Crippen molar-refractivity contribution in [2.24, 2.45) is 0 Å². The lowest BCUT2D eigenvalue weighted by atomic mass is 10.0. The standard InChI is InChI=1S/C73H145NO5/c1-3-5-7-9-11-13-15-16-17-18-19-30-33-36-39-42-46-49-53-57-61-65-71(76)70(69-75)74-72(77)66-62-58-54-50-47-43-40-37-34-31-28-26-24-22-20-21-23-25-27-29-32-35-38-41-44-48-52-56-60-64-68-79-73(78)67-63-59-55-51-45-14-12-10-8-6-4-2/h70-71,75-76H,3-69H2,1-2H3,(H,74,77). The zero-order valence-electron chi connectivity index (χ0n) is 54.2. The number of rotatable bonds is 70. The molecule has 2 unspecified atom stereocenters. The Balaban J connectivity index is 3.33. The Morgan fingerprint density at radius 2 is 0.519 bits per heavy atom. The number of amides is 1. The number of carbonyl (C=O) groups excluding carboxylic acids is 2. The Kier molecular flexibility index (Phi) is 68.4. The fourth-order valence-electron chi connectivity index (χ4n) is 12.1. The number of hydrogen-bond acceptors (Lipinski definition) is 5. The van der Waals surface area contributed by atoms with Crippen LogP contribution in [-0.2, 0) is 14.3 Å². The Labute approximate surface area is 496 Å². The molecule has 0 fully saturated rings. The minimum absolute atomic E-state index is 0.0211. The minimum Gasteiger partial charge on any atom is -0.466 e. The van der Waals surface area contributed by atoms with Gasteiger partial charge in [-0.05, 0) is 25.7 Å². The zero-order chi connectivity index (χ0) is 57.1. The maximum atomic E-state index is 12.6. The molecule has 0 aliphatic rings. The van der Waals surface area contributed by atoms with Crippen LogP contribution in [0.3, 0.4) is 0 Å². The number of nitrogens with one attached hydrogen (secondary N) is 1. The van der Waals surface area contributed by atoms with Crippen LogP contribution in [0, 0.1) is 0 Å². The molecular formula is C73H145NO5. The molecule has 3 N–H and O–H groups in total. The predicted octanol–water partition coefficient (Wildman–Crippen LogP) is 23.8. The Hall–Kier alpha value is -1.14. The molecule has 0 aromatic heterocycles. The minimum atomic E-state index is -0.661. The van der Waals surface area contributed by atoms with Crippen molar-refractivity contribution in [3.8, 4) is 0 Å². The summed E-state index contributed by atoms with van der Waals surface area (Å²) < 4.78 is 5.48. The van der Waals surface area contributed by atoms with Gasteiger partial charge in [0.2, 0.25) is 5.91 Å². The van der Waals surface area contributed by atoms with E-state index in [1.807, 2.05) is 0 Å². The molecule has 472 valence electrons. The molecule has 0 bridgehead atoms. The molecule has 0 spiro atoms. The molecule has 6 nitrogen and oxygen atoms in total. The molecule has 79 heavy (non-hydrogen) atoms. The van der Waals surface area contributed by atoms with Crippen LogP contribution in [-0.4, -0.2) is 47.4 Å². The van der Waals surface area contributed by atoms with Gasteiger partial charge in [-0.25, -0.2) is 0 Å². The monoisotopic (exact) mass is 1120 g/mol. The summed E-state index contributed by atoms with van der Waals surface area (Å²) in [5, 5.41) is 23.4. The summed E-state index contributed by atoms with van der Waals surface area (Å²) in [5.41, 5.74) is 0. The average molecular weight is 1120 g/mol. The first-order chi connectivity index (χ1) is 39.0. The lowest BCUT2D eigenvalue weighted by Crippen LogP contribution is -2.45. The van der Waals surface area contributed by atoms with E-state index in [1.54, 1.807) is 0 Å². The smallest absolute Gasteiger partial charge is 0.305 e. The van der Waals surface area contributed by atoms with Gasteiger partial charge in [0.25, 0.3) is 0 Å². The van der Waals surface area contributed by atoms with E-state index < -0.39 is 12.1 Å². The first-order valence-electron chi connectivity index (χ1n) is 36.8. The lowest BCUT2D eigenvalue weighted by Gasteiger charge is -2.22. The summed E-state index contributed by atoms with van der Waals surface area (Å²) in [4.78, 5) is 24.6. The number of aliphatic hydroxyl groups is 2. The van der Waals surface area contributed by atoms with Gasteiger partial charge in [-0.2, -0.15) is 0 Å². The molecule has 0 aromatic rings. The van der Waals surface area contributed by atoms with Crippen molar-refractivity contribution in [1.29, 1.82) is 0 Å². The highest BCUT2D eigenvalue weighted by Gasteiger charge is 2.20. The van der Waals surface area contributed by atoms with Gasteiger partial charge in [-0.1, -0.05) is 393 Å². The van der Waals surface area contributed by atoms with Crippen LogP contribution < -0.4 is 5.32 Å². The molecular weight excluding hydrogens is 971 g/mol. The number of aliphatic hydroxyl groups excluding tert-OH is 2. The van der Waals surface area contributed by atoms with Crippen molar-refractivity contribution in [2.75, 3.05) is 13.2 Å². The molecule has 0 rings (SSSR count). The quantitative estimate of drug-likeness (QED) is 0.0417. The van der Waals surface area contributed by atoms with Crippen LogP contribution in [0.1, 0.15) is 431 Å². The molecule has 0 saturated carbocycles. The Bertz CT molecular complexity index is 1150. The van der Waals surface area contributed by atoms with E-state index in [2.05, 4.69) is 19.2 Å². The molecule has 6 heteroatoms. The van der Waals surface area contributed by atoms with E-state index in [9.17, 15) is 19.8 Å². The van der Waals surface area contributed by atoms with Gasteiger partial charge in [-0.3, -0.25) is 9.59 Å². The summed E-state index contributed by atoms with van der Waals surface area (Å²) in [6.45, 7) is 5.00. The molecule has 0 aromatic carbocycles. The molecule has 0 aliphatic carbocycles. The van der Waals surface area contributed by atoms with Gasteiger partial charge in [-0.15, -0.1) is 0 Å². The van der Waals surface area contributed by atoms with Gasteiger partial charge in [0, 0.05) is 12.8 Å². The molecule has 1 amide bonds. The van der Waals surface area contributed by atoms with Crippen LogP contribution in [0.15, 0.2) is 0 Å². The third-order valence-electron chi connectivity index (χ3n) is 17.7. The van der Waals surface area contributed by atoms with Crippen LogP contribution in [0.25, 0.3) is 0 Å². The number of carbonyl (C=O) groups is 2. The van der Waals surface area contributed by atoms with Gasteiger partial charge < -0.3 is 20.3 Å². The Morgan fingerprint density at radius 3 is 0.772 bits per heavy atom. The highest BCUT2D eigenvalue weighted by Crippen LogP contribution is 2.20. The summed E-state index contributed by atoms with van der Waals surface area (Å²) in [6.07, 6.45) is 84.6. The van der Waals surface area contributed by atoms with Gasteiger partial charge in [0.05, 0.1) is 25.4 Å². The van der Waals surface area contributed by atoms with Crippen molar-refractivity contribution >= 4 is 11.9 Å². The third-order valence-corrected chi connectivity index (χ3v) is 17.7. The second-order valence-corrected chi connectivity index (χ2v) is 25.6. The summed E-state index contributed by atoms with van der Waals surface area (Å²) in [5.74, 6) is -0.00433. The van der Waals surface area contributed by atoms with Gasteiger partial charge in [0.1, 0.15) is 0 Å². The maximum absolute atomic E-state index is 12.6. The van der Waals surface area contributed by atoms with Crippen molar-refractivity contribution in [2.45, 2.75) is 443 Å². The summed E-state index contributed by atoms with van der Waals surface area (Å²) in [7, 11) is 0. The lowest BCUT2D eigenvalue weighted by molar-refractivity contribution is -0.143. The second-order valence-electron chi connectivity index (χ2n) is 25.6. The largest absolute Gasteiger partial charge is 0.466 e.